The number of hydrogen-bond acceptors (Lipinski definition) is 3. The van der Waals surface area contributed by atoms with Crippen LogP contribution in [0.1, 0.15) is 27.7 Å². The average molecular weight is 418 g/mol. The molecule has 0 N–H and O–H groups in total. The van der Waals surface area contributed by atoms with Gasteiger partial charge in [0.1, 0.15) is 11.2 Å². The maximum absolute atomic E-state index is 6.53. The number of para-hydroxylation sites is 1. The molecule has 0 radical (unpaired) electrons. The van der Waals surface area contributed by atoms with E-state index in [4.69, 9.17) is 13.7 Å². The first kappa shape index (κ1) is 18.5. The SMILES string of the molecule is CC1(C)OB(c2cc3oc4ccccc4c3c3c2-c2cccc4cccc-3c24)OC1(C)C. The van der Waals surface area contributed by atoms with Crippen molar-refractivity contribution in [1.82, 2.24) is 0 Å². The predicted octanol–water partition coefficient (Wildman–Crippen LogP) is 6.69. The van der Waals surface area contributed by atoms with E-state index in [1.54, 1.807) is 0 Å². The molecule has 7 rings (SSSR count). The highest BCUT2D eigenvalue weighted by atomic mass is 16.7. The monoisotopic (exact) mass is 418 g/mol. The molecule has 0 atom stereocenters. The molecule has 1 saturated heterocycles. The summed E-state index contributed by atoms with van der Waals surface area (Å²) in [6.45, 7) is 8.40. The van der Waals surface area contributed by atoms with Crippen LogP contribution in [0.5, 0.6) is 0 Å². The second kappa shape index (κ2) is 5.83. The summed E-state index contributed by atoms with van der Waals surface area (Å²) in [7, 11) is -0.462. The molecule has 156 valence electrons. The molecule has 1 aliphatic carbocycles. The predicted molar refractivity (Wildman–Crippen MR) is 131 cm³/mol. The zero-order valence-electron chi connectivity index (χ0n) is 18.7. The largest absolute Gasteiger partial charge is 0.495 e. The molecule has 0 unspecified atom stereocenters. The number of benzene rings is 4. The minimum atomic E-state index is -0.462. The van der Waals surface area contributed by atoms with Gasteiger partial charge >= 0.3 is 7.12 Å². The van der Waals surface area contributed by atoms with Crippen LogP contribution in [0.25, 0.3) is 55.0 Å². The first-order valence-electron chi connectivity index (χ1n) is 11.2. The van der Waals surface area contributed by atoms with Crippen LogP contribution in [0, 0.1) is 0 Å². The van der Waals surface area contributed by atoms with Crippen molar-refractivity contribution in [2.24, 2.45) is 0 Å². The summed E-state index contributed by atoms with van der Waals surface area (Å²) >= 11 is 0. The number of hydrogen-bond donors (Lipinski definition) is 0. The number of fused-ring (bicyclic) bond motifs is 7. The highest BCUT2D eigenvalue weighted by Crippen LogP contribution is 2.52. The van der Waals surface area contributed by atoms with E-state index in [0.717, 1.165) is 22.0 Å². The first-order valence-corrected chi connectivity index (χ1v) is 11.2. The Labute approximate surface area is 187 Å². The standard InChI is InChI=1S/C28H23BO3/c1-27(2)28(3,4)32-29(31-27)20-15-22-25(17-11-5-6-14-21(17)30-22)26-19-13-8-10-16-9-7-12-18(23(16)19)24(20)26/h5-15H,1-4H3. The van der Waals surface area contributed by atoms with Crippen molar-refractivity contribution in [3.05, 3.63) is 66.7 Å². The molecule has 2 aliphatic rings. The Kier molecular flexibility index (Phi) is 3.37. The molecule has 1 aliphatic heterocycles. The van der Waals surface area contributed by atoms with Crippen LogP contribution in [0.2, 0.25) is 0 Å². The third-order valence-corrected chi connectivity index (χ3v) is 7.65. The lowest BCUT2D eigenvalue weighted by Crippen LogP contribution is -2.41. The van der Waals surface area contributed by atoms with E-state index in [1.165, 1.54) is 38.4 Å². The fraction of sp³-hybridized carbons (Fsp3) is 0.214. The molecular formula is C28H23BO3. The van der Waals surface area contributed by atoms with Gasteiger partial charge in [0.05, 0.1) is 11.2 Å². The van der Waals surface area contributed by atoms with Gasteiger partial charge in [-0.25, -0.2) is 0 Å². The highest BCUT2D eigenvalue weighted by Gasteiger charge is 2.53. The Morgan fingerprint density at radius 2 is 1.31 bits per heavy atom. The van der Waals surface area contributed by atoms with Crippen LogP contribution < -0.4 is 5.46 Å². The topological polar surface area (TPSA) is 31.6 Å². The van der Waals surface area contributed by atoms with Crippen molar-refractivity contribution in [3.8, 4) is 22.3 Å². The maximum atomic E-state index is 6.53. The minimum Gasteiger partial charge on any atom is -0.456 e. The lowest BCUT2D eigenvalue weighted by Gasteiger charge is -2.32. The van der Waals surface area contributed by atoms with Crippen molar-refractivity contribution >= 4 is 45.3 Å². The van der Waals surface area contributed by atoms with Gasteiger partial charge in [0.2, 0.25) is 0 Å². The van der Waals surface area contributed by atoms with Crippen LogP contribution in [0.3, 0.4) is 0 Å². The molecule has 32 heavy (non-hydrogen) atoms. The Bertz CT molecular complexity index is 1570. The fourth-order valence-electron chi connectivity index (χ4n) is 5.38. The van der Waals surface area contributed by atoms with E-state index in [0.29, 0.717) is 0 Å². The van der Waals surface area contributed by atoms with E-state index < -0.39 is 18.3 Å². The highest BCUT2D eigenvalue weighted by molar-refractivity contribution is 6.65. The van der Waals surface area contributed by atoms with Gasteiger partial charge in [-0.05, 0) is 72.8 Å². The lowest BCUT2D eigenvalue weighted by molar-refractivity contribution is 0.00578. The Morgan fingerprint density at radius 1 is 0.656 bits per heavy atom. The van der Waals surface area contributed by atoms with Crippen LogP contribution in [0.4, 0.5) is 0 Å². The van der Waals surface area contributed by atoms with Crippen LogP contribution in [-0.2, 0) is 9.31 Å². The molecule has 1 fully saturated rings. The molecule has 0 bridgehead atoms. The normalized spacial score (nSPS) is 18.2. The molecule has 4 heteroatoms. The van der Waals surface area contributed by atoms with Gasteiger partial charge < -0.3 is 13.7 Å². The summed E-state index contributed by atoms with van der Waals surface area (Å²) in [5.74, 6) is 0. The van der Waals surface area contributed by atoms with E-state index in [9.17, 15) is 0 Å². The van der Waals surface area contributed by atoms with Gasteiger partial charge in [-0.3, -0.25) is 0 Å². The smallest absolute Gasteiger partial charge is 0.456 e. The van der Waals surface area contributed by atoms with Gasteiger partial charge in [0, 0.05) is 16.3 Å². The third kappa shape index (κ3) is 2.19. The van der Waals surface area contributed by atoms with Gasteiger partial charge in [-0.15, -0.1) is 0 Å². The lowest BCUT2D eigenvalue weighted by atomic mass is 9.73. The quantitative estimate of drug-likeness (QED) is 0.279. The Balaban J connectivity index is 1.64. The van der Waals surface area contributed by atoms with Crippen molar-refractivity contribution in [3.63, 3.8) is 0 Å². The third-order valence-electron chi connectivity index (χ3n) is 7.65. The zero-order chi connectivity index (χ0) is 21.8. The van der Waals surface area contributed by atoms with E-state index in [2.05, 4.69) is 82.3 Å². The zero-order valence-corrected chi connectivity index (χ0v) is 18.7. The van der Waals surface area contributed by atoms with Gasteiger partial charge in [-0.2, -0.15) is 0 Å². The summed E-state index contributed by atoms with van der Waals surface area (Å²) in [5.41, 5.74) is 6.91. The second-order valence-corrected chi connectivity index (χ2v) is 9.98. The van der Waals surface area contributed by atoms with Crippen molar-refractivity contribution in [2.75, 3.05) is 0 Å². The maximum Gasteiger partial charge on any atom is 0.495 e. The Morgan fingerprint density at radius 3 is 2.03 bits per heavy atom. The van der Waals surface area contributed by atoms with Crippen molar-refractivity contribution in [1.29, 1.82) is 0 Å². The molecule has 5 aromatic rings. The van der Waals surface area contributed by atoms with E-state index in [-0.39, 0.29) is 0 Å². The summed E-state index contributed by atoms with van der Waals surface area (Å²) < 4.78 is 19.4. The molecular weight excluding hydrogens is 395 g/mol. The molecule has 0 amide bonds. The molecule has 0 spiro atoms. The molecule has 0 saturated carbocycles. The number of furan rings is 1. The minimum absolute atomic E-state index is 0.412. The van der Waals surface area contributed by atoms with Crippen LogP contribution in [-0.4, -0.2) is 18.3 Å². The van der Waals surface area contributed by atoms with Gasteiger partial charge in [0.15, 0.2) is 0 Å². The van der Waals surface area contributed by atoms with E-state index >= 15 is 0 Å². The molecule has 4 aromatic carbocycles. The van der Waals surface area contributed by atoms with Crippen molar-refractivity contribution in [2.45, 2.75) is 38.9 Å². The van der Waals surface area contributed by atoms with Gasteiger partial charge in [-0.1, -0.05) is 54.6 Å². The van der Waals surface area contributed by atoms with Crippen LogP contribution in [0.15, 0.2) is 71.1 Å². The summed E-state index contributed by atoms with van der Waals surface area (Å²) in [5, 5.41) is 4.85. The van der Waals surface area contributed by atoms with Gasteiger partial charge in [0.25, 0.3) is 0 Å². The van der Waals surface area contributed by atoms with Crippen molar-refractivity contribution < 1.29 is 13.7 Å². The first-order chi connectivity index (χ1) is 15.4. The fourth-order valence-corrected chi connectivity index (χ4v) is 5.38. The summed E-state index contributed by atoms with van der Waals surface area (Å²) in [6.07, 6.45) is 0. The molecule has 2 heterocycles. The van der Waals surface area contributed by atoms with Crippen LogP contribution >= 0.6 is 0 Å². The molecule has 3 nitrogen and oxygen atoms in total. The second-order valence-electron chi connectivity index (χ2n) is 9.98. The Hall–Kier alpha value is -3.08. The average Bonchev–Trinajstić information content (AvgIpc) is 3.36. The number of rotatable bonds is 1. The molecule has 1 aromatic heterocycles. The van der Waals surface area contributed by atoms with E-state index in [1.807, 2.05) is 12.1 Å². The summed E-state index contributed by atoms with van der Waals surface area (Å²) in [6, 6.07) is 23.5. The summed E-state index contributed by atoms with van der Waals surface area (Å²) in [4.78, 5) is 0.